The van der Waals surface area contributed by atoms with Crippen molar-refractivity contribution in [3.05, 3.63) is 65.5 Å². The smallest absolute Gasteiger partial charge is 0.480 e. The van der Waals surface area contributed by atoms with E-state index < -0.39 is 36.5 Å². The van der Waals surface area contributed by atoms with Crippen LogP contribution in [0.4, 0.5) is 26.3 Å². The van der Waals surface area contributed by atoms with Crippen molar-refractivity contribution in [3.63, 3.8) is 0 Å². The molecule has 0 aromatic heterocycles. The zero-order valence-corrected chi connectivity index (χ0v) is 23.9. The van der Waals surface area contributed by atoms with Crippen molar-refractivity contribution in [1.29, 1.82) is 0 Å². The summed E-state index contributed by atoms with van der Waals surface area (Å²) in [6.45, 7) is 3.10. The standard InChI is InChI=1S/C32H38F6N2O3/c33-26-3-1-2-24(15-26)28-20-40(29(30(41)42)14-21-4-5-21)19-25(28)18-39-12-10-23(11-13-39)17-31(34,35)16-22-6-8-27(9-7-22)43-32(36,37)38/h1-3,6-9,15,21,23,25,28-29H,4-5,10-14,16-20H2,(H,41,42)/t25-,28+,29+/m0/s1. The average molecular weight is 613 g/mol. The van der Waals surface area contributed by atoms with Gasteiger partial charge in [-0.25, -0.2) is 13.2 Å². The second-order valence-electron chi connectivity index (χ2n) is 12.6. The fourth-order valence-electron chi connectivity index (χ4n) is 6.84. The second kappa shape index (κ2) is 13.1. The summed E-state index contributed by atoms with van der Waals surface area (Å²) in [6, 6.07) is 10.5. The summed E-state index contributed by atoms with van der Waals surface area (Å²) in [4.78, 5) is 16.4. The molecule has 0 amide bonds. The number of nitrogens with zero attached hydrogens (tertiary/aromatic N) is 2. The Balaban J connectivity index is 1.16. The van der Waals surface area contributed by atoms with Crippen LogP contribution in [0.15, 0.2) is 48.5 Å². The number of alkyl halides is 5. The Morgan fingerprint density at radius 3 is 2.26 bits per heavy atom. The maximum atomic E-state index is 14.9. The van der Waals surface area contributed by atoms with E-state index in [4.69, 9.17) is 0 Å². The van der Waals surface area contributed by atoms with E-state index in [1.54, 1.807) is 6.07 Å². The molecule has 3 atom stereocenters. The summed E-state index contributed by atoms with van der Waals surface area (Å²) in [7, 11) is 0. The van der Waals surface area contributed by atoms with E-state index in [1.165, 1.54) is 24.3 Å². The largest absolute Gasteiger partial charge is 0.573 e. The Kier molecular flexibility index (Phi) is 9.61. The molecule has 0 unspecified atom stereocenters. The Bertz CT molecular complexity index is 1230. The lowest BCUT2D eigenvalue weighted by Gasteiger charge is -2.36. The minimum atomic E-state index is -4.84. The van der Waals surface area contributed by atoms with Gasteiger partial charge in [0.25, 0.3) is 5.92 Å². The number of carboxylic acids is 1. The number of ether oxygens (including phenoxy) is 1. The maximum Gasteiger partial charge on any atom is 0.573 e. The number of benzene rings is 2. The normalized spacial score (nSPS) is 23.4. The lowest BCUT2D eigenvalue weighted by atomic mass is 9.86. The quantitative estimate of drug-likeness (QED) is 0.263. The summed E-state index contributed by atoms with van der Waals surface area (Å²) >= 11 is 0. The highest BCUT2D eigenvalue weighted by Gasteiger charge is 2.42. The number of carboxylic acid groups (broad SMARTS) is 1. The Labute approximate surface area is 247 Å². The van der Waals surface area contributed by atoms with Crippen LogP contribution in [0.2, 0.25) is 0 Å². The van der Waals surface area contributed by atoms with Gasteiger partial charge >= 0.3 is 12.3 Å². The topological polar surface area (TPSA) is 53.0 Å². The summed E-state index contributed by atoms with van der Waals surface area (Å²) < 4.78 is 84.9. The molecule has 3 fully saturated rings. The first-order valence-electron chi connectivity index (χ1n) is 15.0. The molecule has 1 N–H and O–H groups in total. The molecule has 2 aromatic carbocycles. The van der Waals surface area contributed by atoms with Crippen molar-refractivity contribution in [1.82, 2.24) is 9.80 Å². The third kappa shape index (κ3) is 9.11. The fraction of sp³-hybridized carbons (Fsp3) is 0.594. The van der Waals surface area contributed by atoms with Crippen LogP contribution >= 0.6 is 0 Å². The molecule has 2 aromatic rings. The number of piperidine rings is 1. The van der Waals surface area contributed by atoms with Gasteiger partial charge in [0.2, 0.25) is 0 Å². The van der Waals surface area contributed by atoms with Gasteiger partial charge in [-0.1, -0.05) is 37.1 Å². The summed E-state index contributed by atoms with van der Waals surface area (Å²) in [5, 5.41) is 9.97. The minimum absolute atomic E-state index is 0.0215. The second-order valence-corrected chi connectivity index (χ2v) is 12.6. The van der Waals surface area contributed by atoms with Gasteiger partial charge in [0.05, 0.1) is 0 Å². The summed E-state index contributed by atoms with van der Waals surface area (Å²) in [5.41, 5.74) is 1.10. The van der Waals surface area contributed by atoms with E-state index in [2.05, 4.69) is 9.64 Å². The van der Waals surface area contributed by atoms with Gasteiger partial charge in [0, 0.05) is 38.4 Å². The first-order valence-corrected chi connectivity index (χ1v) is 15.0. The van der Waals surface area contributed by atoms with Gasteiger partial charge in [-0.05, 0) is 85.5 Å². The van der Waals surface area contributed by atoms with Gasteiger partial charge in [0.15, 0.2) is 0 Å². The van der Waals surface area contributed by atoms with Crippen LogP contribution in [0.1, 0.15) is 55.6 Å². The lowest BCUT2D eigenvalue weighted by Crippen LogP contribution is -2.42. The number of hydrogen-bond acceptors (Lipinski definition) is 4. The molecule has 2 aliphatic heterocycles. The van der Waals surface area contributed by atoms with Crippen LogP contribution < -0.4 is 4.74 Å². The predicted molar refractivity (Wildman–Crippen MR) is 149 cm³/mol. The SMILES string of the molecule is O=C(O)[C@@H](CC1CC1)N1C[C@H](CN2CCC(CC(F)(F)Cc3ccc(OC(F)(F)F)cc3)CC2)[C@@H](c2cccc(F)c2)C1. The molecule has 236 valence electrons. The van der Waals surface area contributed by atoms with Gasteiger partial charge in [0.1, 0.15) is 17.6 Å². The highest BCUT2D eigenvalue weighted by molar-refractivity contribution is 5.73. The molecule has 0 spiro atoms. The molecule has 2 saturated heterocycles. The van der Waals surface area contributed by atoms with E-state index in [0.29, 0.717) is 57.9 Å². The summed E-state index contributed by atoms with van der Waals surface area (Å²) in [6.07, 6.45) is -1.76. The summed E-state index contributed by atoms with van der Waals surface area (Å²) in [5.74, 6) is -4.26. The van der Waals surface area contributed by atoms with Crippen molar-refractivity contribution < 1.29 is 41.0 Å². The van der Waals surface area contributed by atoms with Crippen LogP contribution in [0.5, 0.6) is 5.75 Å². The third-order valence-electron chi connectivity index (χ3n) is 9.13. The van der Waals surface area contributed by atoms with Crippen LogP contribution in [-0.2, 0) is 11.2 Å². The number of halogens is 6. The first-order chi connectivity index (χ1) is 20.3. The van der Waals surface area contributed by atoms with E-state index in [-0.39, 0.29) is 35.6 Å². The van der Waals surface area contributed by atoms with Crippen LogP contribution in [0.25, 0.3) is 0 Å². The number of carbonyl (C=O) groups is 1. The lowest BCUT2D eigenvalue weighted by molar-refractivity contribution is -0.274. The van der Waals surface area contributed by atoms with E-state index >= 15 is 0 Å². The molecule has 0 bridgehead atoms. The Morgan fingerprint density at radius 1 is 0.953 bits per heavy atom. The van der Waals surface area contributed by atoms with Crippen LogP contribution in [0, 0.1) is 23.6 Å². The first kappa shape index (κ1) is 31.6. The van der Waals surface area contributed by atoms with E-state index in [1.807, 2.05) is 11.0 Å². The number of likely N-dealkylation sites (tertiary alicyclic amines) is 2. The molecular weight excluding hydrogens is 574 g/mol. The molecule has 2 heterocycles. The minimum Gasteiger partial charge on any atom is -0.480 e. The molecular formula is C32H38F6N2O3. The predicted octanol–water partition coefficient (Wildman–Crippen LogP) is 6.97. The van der Waals surface area contributed by atoms with Crippen molar-refractivity contribution in [2.45, 2.75) is 69.2 Å². The highest BCUT2D eigenvalue weighted by atomic mass is 19.4. The molecule has 5 nitrogen and oxygen atoms in total. The van der Waals surface area contributed by atoms with Gasteiger partial charge in [-0.15, -0.1) is 13.2 Å². The molecule has 5 rings (SSSR count). The van der Waals surface area contributed by atoms with E-state index in [9.17, 15) is 36.2 Å². The van der Waals surface area contributed by atoms with Gasteiger partial charge in [-0.3, -0.25) is 9.69 Å². The van der Waals surface area contributed by atoms with Crippen molar-refractivity contribution in [3.8, 4) is 5.75 Å². The average Bonchev–Trinajstić information content (AvgIpc) is 3.66. The Hall–Kier alpha value is -2.79. The number of aliphatic carboxylic acids is 1. The van der Waals surface area contributed by atoms with Crippen molar-refractivity contribution >= 4 is 5.97 Å². The monoisotopic (exact) mass is 612 g/mol. The fourth-order valence-corrected chi connectivity index (χ4v) is 6.84. The molecule has 43 heavy (non-hydrogen) atoms. The van der Waals surface area contributed by atoms with Gasteiger partial charge < -0.3 is 14.7 Å². The molecule has 1 aliphatic carbocycles. The number of hydrogen-bond donors (Lipinski definition) is 1. The van der Waals surface area contributed by atoms with Crippen molar-refractivity contribution in [2.24, 2.45) is 17.8 Å². The zero-order valence-electron chi connectivity index (χ0n) is 23.9. The molecule has 3 aliphatic rings. The zero-order chi connectivity index (χ0) is 30.8. The van der Waals surface area contributed by atoms with Crippen LogP contribution in [-0.4, -0.2) is 71.9 Å². The maximum absolute atomic E-state index is 14.9. The van der Waals surface area contributed by atoms with Crippen molar-refractivity contribution in [2.75, 3.05) is 32.7 Å². The molecule has 1 saturated carbocycles. The van der Waals surface area contributed by atoms with Gasteiger partial charge in [-0.2, -0.15) is 0 Å². The molecule has 0 radical (unpaired) electrons. The Morgan fingerprint density at radius 2 is 1.65 bits per heavy atom. The third-order valence-corrected chi connectivity index (χ3v) is 9.13. The molecule has 11 heteroatoms. The number of rotatable bonds is 12. The highest BCUT2D eigenvalue weighted by Crippen LogP contribution is 2.40. The van der Waals surface area contributed by atoms with E-state index in [0.717, 1.165) is 30.5 Å². The van der Waals surface area contributed by atoms with Crippen LogP contribution in [0.3, 0.4) is 0 Å².